The van der Waals surface area contributed by atoms with E-state index in [0.717, 1.165) is 12.7 Å². The van der Waals surface area contributed by atoms with Crippen LogP contribution in [-0.2, 0) is 20.6 Å². The van der Waals surface area contributed by atoms with Crippen molar-refractivity contribution in [3.8, 4) is 0 Å². The van der Waals surface area contributed by atoms with E-state index in [1.165, 1.54) is 5.56 Å². The van der Waals surface area contributed by atoms with Crippen LogP contribution in [0.2, 0.25) is 18.1 Å². The Morgan fingerprint density at radius 2 is 1.91 bits per heavy atom. The Hall–Kier alpha value is -0.973. The lowest BCUT2D eigenvalue weighted by atomic mass is 10.2. The summed E-state index contributed by atoms with van der Waals surface area (Å²) in [5.41, 5.74) is 1.19. The summed E-state index contributed by atoms with van der Waals surface area (Å²) in [6.07, 6.45) is 1.77. The van der Waals surface area contributed by atoms with Crippen LogP contribution in [0.1, 0.15) is 32.8 Å². The highest BCUT2D eigenvalue weighted by Gasteiger charge is 2.48. The normalized spacial score (nSPS) is 22.7. The fourth-order valence-electron chi connectivity index (χ4n) is 2.50. The molecule has 0 aliphatic heterocycles. The molecule has 0 unspecified atom stereocenters. The molecule has 1 aromatic rings. The summed E-state index contributed by atoms with van der Waals surface area (Å²) in [5.74, 6) is 0.788. The lowest BCUT2D eigenvalue weighted by Crippen LogP contribution is -2.45. The first-order valence-electron chi connectivity index (χ1n) is 8.49. The molecule has 0 aromatic heterocycles. The highest BCUT2D eigenvalue weighted by Crippen LogP contribution is 2.45. The van der Waals surface area contributed by atoms with Gasteiger partial charge >= 0.3 is 0 Å². The maximum Gasteiger partial charge on any atom is 0.193 e. The summed E-state index contributed by atoms with van der Waals surface area (Å²) < 4.78 is 12.1. The van der Waals surface area contributed by atoms with Gasteiger partial charge in [-0.25, -0.2) is 0 Å². The summed E-state index contributed by atoms with van der Waals surface area (Å²) in [4.78, 5) is 11.5. The molecule has 0 radical (unpaired) electrons. The first kappa shape index (κ1) is 18.4. The molecule has 2 rings (SSSR count). The van der Waals surface area contributed by atoms with E-state index in [2.05, 4.69) is 46.0 Å². The molecule has 3 nitrogen and oxygen atoms in total. The molecule has 0 saturated heterocycles. The highest BCUT2D eigenvalue weighted by atomic mass is 28.4. The van der Waals surface area contributed by atoms with Gasteiger partial charge in [0, 0.05) is 0 Å². The molecule has 4 heteroatoms. The molecule has 1 aliphatic carbocycles. The van der Waals surface area contributed by atoms with Crippen LogP contribution in [0.5, 0.6) is 0 Å². The summed E-state index contributed by atoms with van der Waals surface area (Å²) in [6, 6.07) is 10.2. The largest absolute Gasteiger partial charge is 0.407 e. The average Bonchev–Trinajstić information content (AvgIpc) is 3.24. The first-order valence-corrected chi connectivity index (χ1v) is 11.4. The third-order valence-electron chi connectivity index (χ3n) is 5.21. The highest BCUT2D eigenvalue weighted by molar-refractivity contribution is 6.74. The van der Waals surface area contributed by atoms with Gasteiger partial charge in [-0.05, 0) is 42.0 Å². The van der Waals surface area contributed by atoms with Crippen molar-refractivity contribution in [1.82, 2.24) is 0 Å². The average molecular weight is 335 g/mol. The van der Waals surface area contributed by atoms with Crippen LogP contribution in [0.4, 0.5) is 0 Å². The third kappa shape index (κ3) is 5.00. The summed E-state index contributed by atoms with van der Waals surface area (Å²) in [5, 5.41) is 0.127. The van der Waals surface area contributed by atoms with Gasteiger partial charge in [-0.15, -0.1) is 0 Å². The van der Waals surface area contributed by atoms with Crippen molar-refractivity contribution in [2.24, 2.45) is 11.8 Å². The maximum absolute atomic E-state index is 11.5. The second-order valence-corrected chi connectivity index (χ2v) is 12.9. The monoisotopic (exact) mass is 334 g/mol. The van der Waals surface area contributed by atoms with Gasteiger partial charge in [0.25, 0.3) is 0 Å². The van der Waals surface area contributed by atoms with Crippen molar-refractivity contribution < 1.29 is 14.0 Å². The number of rotatable bonds is 8. The molecule has 23 heavy (non-hydrogen) atoms. The predicted molar refractivity (Wildman–Crippen MR) is 95.8 cm³/mol. The molecule has 128 valence electrons. The van der Waals surface area contributed by atoms with Crippen molar-refractivity contribution in [3.63, 3.8) is 0 Å². The minimum Gasteiger partial charge on any atom is -0.407 e. The van der Waals surface area contributed by atoms with Gasteiger partial charge in [0.05, 0.1) is 13.2 Å². The second kappa shape index (κ2) is 7.28. The molecular formula is C19H30O3Si. The van der Waals surface area contributed by atoms with Crippen molar-refractivity contribution in [2.45, 2.75) is 58.0 Å². The first-order chi connectivity index (χ1) is 10.7. The summed E-state index contributed by atoms with van der Waals surface area (Å²) >= 11 is 0. The molecule has 0 heterocycles. The van der Waals surface area contributed by atoms with Gasteiger partial charge in [-0.3, -0.25) is 0 Å². The molecule has 3 atom stereocenters. The smallest absolute Gasteiger partial charge is 0.193 e. The zero-order valence-electron chi connectivity index (χ0n) is 15.0. The Kier molecular flexibility index (Phi) is 5.82. The van der Waals surface area contributed by atoms with Crippen LogP contribution >= 0.6 is 0 Å². The molecule has 0 spiro atoms. The molecule has 0 amide bonds. The molecule has 1 fully saturated rings. The van der Waals surface area contributed by atoms with Gasteiger partial charge in [0.15, 0.2) is 8.32 Å². The molecule has 1 aromatic carbocycles. The lowest BCUT2D eigenvalue weighted by molar-refractivity contribution is -0.115. The Morgan fingerprint density at radius 1 is 1.26 bits per heavy atom. The number of hydrogen-bond acceptors (Lipinski definition) is 3. The van der Waals surface area contributed by atoms with E-state index in [4.69, 9.17) is 9.16 Å². The SMILES string of the molecule is CC(C)(C)[Si](C)(C)O[C@H](C=O)[C@@H]1C[C@@H]1COCc1ccccc1. The number of carbonyl (C=O) groups excluding carboxylic acids is 1. The van der Waals surface area contributed by atoms with Crippen LogP contribution in [0.3, 0.4) is 0 Å². The van der Waals surface area contributed by atoms with Crippen molar-refractivity contribution in [3.05, 3.63) is 35.9 Å². The zero-order chi connectivity index (χ0) is 17.1. The van der Waals surface area contributed by atoms with Crippen LogP contribution in [-0.4, -0.2) is 27.3 Å². The number of hydrogen-bond donors (Lipinski definition) is 0. The van der Waals surface area contributed by atoms with Crippen LogP contribution in [0, 0.1) is 11.8 Å². The van der Waals surface area contributed by atoms with E-state index >= 15 is 0 Å². The Labute approximate surface area is 141 Å². The molecule has 1 aliphatic rings. The van der Waals surface area contributed by atoms with Crippen LogP contribution < -0.4 is 0 Å². The maximum atomic E-state index is 11.5. The van der Waals surface area contributed by atoms with Crippen LogP contribution in [0.25, 0.3) is 0 Å². The fraction of sp³-hybridized carbons (Fsp3) is 0.632. The minimum atomic E-state index is -1.90. The van der Waals surface area contributed by atoms with Gasteiger partial charge < -0.3 is 14.0 Å². The van der Waals surface area contributed by atoms with Gasteiger partial charge in [0.2, 0.25) is 0 Å². The van der Waals surface area contributed by atoms with Crippen molar-refractivity contribution in [1.29, 1.82) is 0 Å². The fourth-order valence-corrected chi connectivity index (χ4v) is 3.76. The van der Waals surface area contributed by atoms with Crippen molar-refractivity contribution in [2.75, 3.05) is 6.61 Å². The van der Waals surface area contributed by atoms with E-state index in [-0.39, 0.29) is 11.1 Å². The number of benzene rings is 1. The van der Waals surface area contributed by atoms with E-state index in [9.17, 15) is 4.79 Å². The number of carbonyl (C=O) groups is 1. The Balaban J connectivity index is 1.78. The lowest BCUT2D eigenvalue weighted by Gasteiger charge is -2.38. The Bertz CT molecular complexity index is 507. The van der Waals surface area contributed by atoms with E-state index in [0.29, 0.717) is 25.0 Å². The van der Waals surface area contributed by atoms with Gasteiger partial charge in [-0.2, -0.15) is 0 Å². The third-order valence-corrected chi connectivity index (χ3v) is 9.69. The van der Waals surface area contributed by atoms with E-state index < -0.39 is 8.32 Å². The van der Waals surface area contributed by atoms with Gasteiger partial charge in [0.1, 0.15) is 12.4 Å². The zero-order valence-corrected chi connectivity index (χ0v) is 16.0. The number of aldehydes is 1. The molecule has 1 saturated carbocycles. The van der Waals surface area contributed by atoms with Crippen molar-refractivity contribution >= 4 is 14.6 Å². The predicted octanol–water partition coefficient (Wildman–Crippen LogP) is 4.43. The standard InChI is InChI=1S/C19H30O3Si/c1-19(2,3)23(4,5)22-18(12-20)17-11-16(17)14-21-13-15-9-7-6-8-10-15/h6-10,12,16-18H,11,13-14H2,1-5H3/t16-,17-,18-/m1/s1. The molecule has 0 N–H and O–H groups in total. The summed E-state index contributed by atoms with van der Waals surface area (Å²) in [6.45, 7) is 12.4. The topological polar surface area (TPSA) is 35.5 Å². The second-order valence-electron chi connectivity index (χ2n) is 8.14. The quantitative estimate of drug-likeness (QED) is 0.521. The Morgan fingerprint density at radius 3 is 2.48 bits per heavy atom. The molecular weight excluding hydrogens is 304 g/mol. The van der Waals surface area contributed by atoms with E-state index in [1.807, 2.05) is 18.2 Å². The number of ether oxygens (including phenoxy) is 1. The molecule has 0 bridgehead atoms. The van der Waals surface area contributed by atoms with Crippen LogP contribution in [0.15, 0.2) is 30.3 Å². The summed E-state index contributed by atoms with van der Waals surface area (Å²) in [7, 11) is -1.90. The van der Waals surface area contributed by atoms with E-state index in [1.54, 1.807) is 0 Å². The van der Waals surface area contributed by atoms with Gasteiger partial charge in [-0.1, -0.05) is 51.1 Å². The minimum absolute atomic E-state index is 0.127.